The zero-order valence-corrected chi connectivity index (χ0v) is 55.4. The highest BCUT2D eigenvalue weighted by Gasteiger charge is 2.36. The summed E-state index contributed by atoms with van der Waals surface area (Å²) < 4.78 is 0. The smallest absolute Gasteiger partial charge is 0.245 e. The van der Waals surface area contributed by atoms with Crippen LogP contribution in [0.5, 0.6) is 5.75 Å². The van der Waals surface area contributed by atoms with Gasteiger partial charge in [-0.05, 0) is 79.5 Å². The lowest BCUT2D eigenvalue weighted by Gasteiger charge is -2.29. The molecule has 22 nitrogen and oxygen atoms in total. The summed E-state index contributed by atoms with van der Waals surface area (Å²) in [6.07, 6.45) is 18.9. The molecule has 0 bridgehead atoms. The number of benzene rings is 2. The number of aliphatic hydroxyl groups excluding tert-OH is 1. The van der Waals surface area contributed by atoms with Crippen molar-refractivity contribution in [3.8, 4) is 5.75 Å². The first-order valence-electron chi connectivity index (χ1n) is 33.0. The molecule has 1 aromatic heterocycles. The second-order valence-electron chi connectivity index (χ2n) is 25.7. The number of carbonyl (C=O) groups excluding carboxylic acids is 9. The molecule has 3 rings (SSSR count). The Balaban J connectivity index is 1.80. The largest absolute Gasteiger partial charge is 0.508 e. The summed E-state index contributed by atoms with van der Waals surface area (Å²) in [5.41, 5.74) is 8.43. The first-order chi connectivity index (χ1) is 42.8. The van der Waals surface area contributed by atoms with E-state index in [0.717, 1.165) is 30.4 Å². The maximum absolute atomic E-state index is 14.6. The summed E-state index contributed by atoms with van der Waals surface area (Å²) in [4.78, 5) is 133. The maximum atomic E-state index is 14.6. The molecular formula is C68H109N11O11. The lowest BCUT2D eigenvalue weighted by atomic mass is 9.95. The van der Waals surface area contributed by atoms with Crippen LogP contribution in [0.2, 0.25) is 0 Å². The van der Waals surface area contributed by atoms with Crippen LogP contribution in [-0.4, -0.2) is 128 Å². The number of aryl methyl sites for hydroxylation is 1. The van der Waals surface area contributed by atoms with Gasteiger partial charge >= 0.3 is 0 Å². The number of aliphatic hydroxyl groups is 1. The SMILES string of the molecule is CCCCCCCCCCCCCCCC(=O)N[C@@H](CC(C)C)C(=O)N[C@@H](Cc1ccc(O)cc1)C(=O)N[C@@H](CC(C)C)C(=O)N[C@@H](Cc1cnc[nH]1)C(=O)N[C@@H](CO)C(=O)N[C@@H](CC(C)C)C(=O)N[C@H](C(=O)N[C@@H](Cc1cccc(C)c1)C(N)=O)[C@@H](C)CC. The zero-order chi connectivity index (χ0) is 66.7. The fraction of sp³-hybridized carbons (Fsp3) is 0.647. The monoisotopic (exact) mass is 1260 g/mol. The van der Waals surface area contributed by atoms with Crippen molar-refractivity contribution in [1.82, 2.24) is 52.5 Å². The molecule has 13 N–H and O–H groups in total. The van der Waals surface area contributed by atoms with Crippen molar-refractivity contribution < 1.29 is 53.4 Å². The number of amides is 9. The van der Waals surface area contributed by atoms with Gasteiger partial charge in [0.25, 0.3) is 0 Å². The molecule has 9 atom stereocenters. The van der Waals surface area contributed by atoms with E-state index in [1.165, 1.54) is 82.4 Å². The number of aromatic amines is 1. The molecule has 9 amide bonds. The van der Waals surface area contributed by atoms with Gasteiger partial charge in [-0.2, -0.15) is 0 Å². The van der Waals surface area contributed by atoms with E-state index in [0.29, 0.717) is 24.1 Å². The van der Waals surface area contributed by atoms with Crippen molar-refractivity contribution in [3.63, 3.8) is 0 Å². The minimum Gasteiger partial charge on any atom is -0.508 e. The Hall–Kier alpha value is -7.36. The van der Waals surface area contributed by atoms with Gasteiger partial charge in [0.15, 0.2) is 0 Å². The van der Waals surface area contributed by atoms with Crippen molar-refractivity contribution in [2.75, 3.05) is 6.61 Å². The first-order valence-corrected chi connectivity index (χ1v) is 33.0. The Kier molecular flexibility index (Phi) is 35.7. The fourth-order valence-electron chi connectivity index (χ4n) is 10.7. The molecule has 3 aromatic rings. The third-order valence-corrected chi connectivity index (χ3v) is 16.0. The van der Waals surface area contributed by atoms with Gasteiger partial charge in [0.1, 0.15) is 54.1 Å². The van der Waals surface area contributed by atoms with Gasteiger partial charge in [0.2, 0.25) is 53.2 Å². The number of aromatic hydroxyl groups is 1. The van der Waals surface area contributed by atoms with E-state index < -0.39 is 108 Å². The van der Waals surface area contributed by atoms with Crippen molar-refractivity contribution in [2.24, 2.45) is 29.4 Å². The number of aromatic nitrogens is 2. The molecule has 22 heteroatoms. The lowest BCUT2D eigenvalue weighted by molar-refractivity contribution is -0.136. The summed E-state index contributed by atoms with van der Waals surface area (Å²) in [5, 5.41) is 42.6. The molecule has 0 unspecified atom stereocenters. The van der Waals surface area contributed by atoms with Gasteiger partial charge in [-0.3, -0.25) is 43.2 Å². The summed E-state index contributed by atoms with van der Waals surface area (Å²) in [6.45, 7) is 17.9. The number of phenolic OH excluding ortho intramolecular Hbond substituents is 1. The molecule has 2 aromatic carbocycles. The van der Waals surface area contributed by atoms with Crippen LogP contribution < -0.4 is 48.3 Å². The quantitative estimate of drug-likeness (QED) is 0.0271. The van der Waals surface area contributed by atoms with Crippen LogP contribution >= 0.6 is 0 Å². The topological polar surface area (TPSA) is 345 Å². The van der Waals surface area contributed by atoms with E-state index in [4.69, 9.17) is 5.73 Å². The Morgan fingerprint density at radius 1 is 0.500 bits per heavy atom. The van der Waals surface area contributed by atoms with E-state index in [1.54, 1.807) is 19.1 Å². The molecule has 0 aliphatic rings. The number of H-pyrrole nitrogens is 1. The molecule has 0 saturated carbocycles. The number of carbonyl (C=O) groups is 9. The Morgan fingerprint density at radius 3 is 1.40 bits per heavy atom. The van der Waals surface area contributed by atoms with E-state index >= 15 is 0 Å². The number of imidazole rings is 1. The standard InChI is InChI=1S/C68H109N11O11/c1-11-13-14-15-16-17-18-19-20-21-22-23-24-28-59(82)72-53(33-43(3)4)62(84)76-56(37-48-29-31-51(81)32-30-48)64(86)74-54(34-44(5)6)63(85)77-57(39-50-40-70-42-71-50)65(87)78-58(41-80)67(89)75-55(35-45(7)8)66(88)79-60(47(10)12-2)68(90)73-52(61(69)83)38-49-27-25-26-46(9)36-49/h25-27,29-32,36,40,42-45,47,52-58,60,80-81H,11-24,28,33-35,37-39,41H2,1-10H3,(H2,69,83)(H,70,71)(H,72,82)(H,73,90)(H,74,86)(H,75,89)(H,76,84)(H,77,85)(H,78,87)(H,79,88)/t47-,52-,53-,54-,55-,56-,57-,58-,60-/m0/s1. The average molecular weight is 1260 g/mol. The van der Waals surface area contributed by atoms with Crippen LogP contribution in [0.25, 0.3) is 0 Å². The summed E-state index contributed by atoms with van der Waals surface area (Å²) >= 11 is 0. The van der Waals surface area contributed by atoms with Crippen LogP contribution in [0.15, 0.2) is 61.1 Å². The average Bonchev–Trinajstić information content (AvgIpc) is 2.05. The molecule has 0 aliphatic carbocycles. The molecule has 0 aliphatic heterocycles. The van der Waals surface area contributed by atoms with Crippen LogP contribution in [0.1, 0.15) is 200 Å². The number of hydrogen-bond donors (Lipinski definition) is 12. The van der Waals surface area contributed by atoms with E-state index in [-0.39, 0.29) is 74.4 Å². The zero-order valence-electron chi connectivity index (χ0n) is 55.4. The summed E-state index contributed by atoms with van der Waals surface area (Å²) in [6, 6.07) is 3.30. The minimum atomic E-state index is -1.66. The van der Waals surface area contributed by atoms with E-state index in [9.17, 15) is 53.4 Å². The normalized spacial score (nSPS) is 14.4. The van der Waals surface area contributed by atoms with Crippen LogP contribution in [0, 0.1) is 30.6 Å². The Morgan fingerprint density at radius 2 is 0.933 bits per heavy atom. The number of nitrogens with two attached hydrogens (primary N) is 1. The third kappa shape index (κ3) is 30.0. The molecule has 0 saturated heterocycles. The highest BCUT2D eigenvalue weighted by Crippen LogP contribution is 2.18. The van der Waals surface area contributed by atoms with Crippen LogP contribution in [0.3, 0.4) is 0 Å². The number of rotatable bonds is 45. The van der Waals surface area contributed by atoms with Crippen LogP contribution in [0.4, 0.5) is 0 Å². The van der Waals surface area contributed by atoms with Crippen molar-refractivity contribution in [2.45, 2.75) is 252 Å². The third-order valence-electron chi connectivity index (χ3n) is 16.0. The highest BCUT2D eigenvalue weighted by atomic mass is 16.3. The number of phenols is 1. The molecule has 0 fully saturated rings. The van der Waals surface area contributed by atoms with Crippen LogP contribution in [-0.2, 0) is 62.4 Å². The Bertz CT molecular complexity index is 2670. The first kappa shape index (κ1) is 76.9. The minimum absolute atomic E-state index is 0.0141. The molecule has 0 spiro atoms. The van der Waals surface area contributed by atoms with Gasteiger partial charge in [-0.15, -0.1) is 0 Å². The molecule has 90 heavy (non-hydrogen) atoms. The molecular weight excluding hydrogens is 1150 g/mol. The number of unbranched alkanes of at least 4 members (excludes halogenated alkanes) is 12. The Labute approximate surface area is 534 Å². The van der Waals surface area contributed by atoms with Gasteiger partial charge < -0.3 is 63.5 Å². The molecule has 0 radical (unpaired) electrons. The maximum Gasteiger partial charge on any atom is 0.245 e. The number of primary amides is 1. The predicted octanol–water partition coefficient (Wildman–Crippen LogP) is 6.47. The highest BCUT2D eigenvalue weighted by molar-refractivity contribution is 5.98. The summed E-state index contributed by atoms with van der Waals surface area (Å²) in [7, 11) is 0. The van der Waals surface area contributed by atoms with Gasteiger partial charge in [-0.1, -0.05) is 188 Å². The second-order valence-corrected chi connectivity index (χ2v) is 25.7. The van der Waals surface area contributed by atoms with Crippen molar-refractivity contribution in [1.29, 1.82) is 0 Å². The van der Waals surface area contributed by atoms with Crippen molar-refractivity contribution in [3.05, 3.63) is 83.4 Å². The lowest BCUT2D eigenvalue weighted by Crippen LogP contribution is -2.62. The molecule has 502 valence electrons. The number of nitrogens with one attached hydrogen (secondary N) is 9. The fourth-order valence-corrected chi connectivity index (χ4v) is 10.7. The van der Waals surface area contributed by atoms with E-state index in [1.807, 2.05) is 79.7 Å². The van der Waals surface area contributed by atoms with Gasteiger partial charge in [-0.25, -0.2) is 4.98 Å². The van der Waals surface area contributed by atoms with Gasteiger partial charge in [0.05, 0.1) is 12.9 Å². The van der Waals surface area contributed by atoms with E-state index in [2.05, 4.69) is 59.4 Å². The summed E-state index contributed by atoms with van der Waals surface area (Å²) in [5.74, 6) is -7.29. The van der Waals surface area contributed by atoms with Gasteiger partial charge in [0, 0.05) is 37.6 Å². The molecule has 1 heterocycles. The predicted molar refractivity (Wildman–Crippen MR) is 349 cm³/mol. The number of nitrogens with zero attached hydrogens (tertiary/aromatic N) is 1. The second kappa shape index (κ2) is 41.8. The number of hydrogen-bond acceptors (Lipinski definition) is 12. The van der Waals surface area contributed by atoms with Crippen molar-refractivity contribution >= 4 is 53.2 Å².